The molecule has 0 unspecified atom stereocenters. The maximum atomic E-state index is 10.5. The van der Waals surface area contributed by atoms with Gasteiger partial charge < -0.3 is 14.7 Å². The third kappa shape index (κ3) is 1.27. The van der Waals surface area contributed by atoms with E-state index in [1.165, 1.54) is 0 Å². The van der Waals surface area contributed by atoms with Crippen LogP contribution in [0.25, 0.3) is 43.2 Å². The predicted molar refractivity (Wildman–Crippen MR) is 86.4 cm³/mol. The number of rotatable bonds is 0. The summed E-state index contributed by atoms with van der Waals surface area (Å²) in [5.41, 5.74) is 0.774. The second-order valence-electron chi connectivity index (χ2n) is 5.54. The molecule has 5 aromatic rings. The summed E-state index contributed by atoms with van der Waals surface area (Å²) in [7, 11) is 0. The number of fused-ring (bicyclic) bond motifs is 6. The Balaban J connectivity index is 2.15. The van der Waals surface area contributed by atoms with E-state index in [-0.39, 0.29) is 11.5 Å². The van der Waals surface area contributed by atoms with E-state index in [0.29, 0.717) is 10.8 Å². The van der Waals surface area contributed by atoms with Crippen molar-refractivity contribution in [3.63, 3.8) is 0 Å². The van der Waals surface area contributed by atoms with Gasteiger partial charge in [-0.05, 0) is 33.7 Å². The smallest absolute Gasteiger partial charge is 0.166 e. The fourth-order valence-electron chi connectivity index (χ4n) is 3.31. The van der Waals surface area contributed by atoms with Crippen molar-refractivity contribution in [1.82, 2.24) is 5.16 Å². The minimum atomic E-state index is -0.104. The highest BCUT2D eigenvalue weighted by Gasteiger charge is 2.16. The van der Waals surface area contributed by atoms with Crippen molar-refractivity contribution >= 4 is 43.2 Å². The average Bonchev–Trinajstić information content (AvgIpc) is 3.18. The quantitative estimate of drug-likeness (QED) is 0.287. The van der Waals surface area contributed by atoms with Crippen LogP contribution in [-0.2, 0) is 0 Å². The van der Waals surface area contributed by atoms with Crippen LogP contribution in [0.4, 0.5) is 0 Å². The summed E-state index contributed by atoms with van der Waals surface area (Å²) in [6, 6.07) is 13.6. The van der Waals surface area contributed by atoms with E-state index in [1.54, 1.807) is 12.3 Å². The molecule has 0 amide bonds. The lowest BCUT2D eigenvalue weighted by Crippen LogP contribution is -1.83. The summed E-state index contributed by atoms with van der Waals surface area (Å²) in [6.45, 7) is 0. The first-order chi connectivity index (χ1) is 10.7. The maximum Gasteiger partial charge on any atom is 0.166 e. The van der Waals surface area contributed by atoms with Crippen molar-refractivity contribution in [2.75, 3.05) is 0 Å². The van der Waals surface area contributed by atoms with E-state index < -0.39 is 0 Å². The van der Waals surface area contributed by atoms with Crippen LogP contribution in [0.2, 0.25) is 0 Å². The highest BCUT2D eigenvalue weighted by molar-refractivity contribution is 6.23. The monoisotopic (exact) mass is 289 g/mol. The Morgan fingerprint density at radius 2 is 1.68 bits per heavy atom. The first-order valence-corrected chi connectivity index (χ1v) is 6.99. The Labute approximate surface area is 124 Å². The second-order valence-corrected chi connectivity index (χ2v) is 5.54. The number of aromatic amines is 1. The number of H-pyrrole nitrogens is 1. The molecule has 0 fully saturated rings. The lowest BCUT2D eigenvalue weighted by atomic mass is 9.96. The number of nitrogens with one attached hydrogen (secondary N) is 1. The molecule has 22 heavy (non-hydrogen) atoms. The Kier molecular flexibility index (Phi) is 1.96. The van der Waals surface area contributed by atoms with Gasteiger partial charge in [0.1, 0.15) is 6.26 Å². The van der Waals surface area contributed by atoms with E-state index in [4.69, 9.17) is 4.52 Å². The predicted octanol–water partition coefficient (Wildman–Crippen LogP) is 4.63. The third-order valence-electron chi connectivity index (χ3n) is 4.37. The highest BCUT2D eigenvalue weighted by Crippen LogP contribution is 2.45. The topological polar surface area (TPSA) is 69.4 Å². The van der Waals surface area contributed by atoms with Gasteiger partial charge in [-0.15, -0.1) is 0 Å². The summed E-state index contributed by atoms with van der Waals surface area (Å²) < 4.78 is 5.11. The third-order valence-corrected chi connectivity index (χ3v) is 4.37. The van der Waals surface area contributed by atoms with E-state index in [9.17, 15) is 10.2 Å². The van der Waals surface area contributed by atoms with Crippen molar-refractivity contribution in [1.29, 1.82) is 0 Å². The van der Waals surface area contributed by atoms with Gasteiger partial charge in [-0.25, -0.2) is 5.16 Å². The average molecular weight is 289 g/mol. The SMILES string of the molecule is Oc1c(O)c2c3cccc3ccc2c2cc3co[nH]c3cc12. The van der Waals surface area contributed by atoms with Crippen molar-refractivity contribution in [3.05, 3.63) is 48.7 Å². The van der Waals surface area contributed by atoms with Gasteiger partial charge in [-0.2, -0.15) is 0 Å². The minimum Gasteiger partial charge on any atom is -0.504 e. The van der Waals surface area contributed by atoms with Crippen molar-refractivity contribution in [2.24, 2.45) is 0 Å². The number of phenols is 2. The molecule has 0 saturated carbocycles. The maximum absolute atomic E-state index is 10.5. The van der Waals surface area contributed by atoms with Gasteiger partial charge in [0, 0.05) is 16.2 Å². The normalized spacial score (nSPS) is 12.0. The number of benzene rings is 3. The summed E-state index contributed by atoms with van der Waals surface area (Å²) in [4.78, 5) is 0. The standard InChI is InChI=1S/C18H11NO3/c20-17-14-7-15-10(8-22-19-15)6-13(14)12-5-4-9-2-1-3-11(9)16(12)18(17)21/h1-8,19-21H. The molecule has 4 heteroatoms. The molecule has 0 atom stereocenters. The first-order valence-electron chi connectivity index (χ1n) is 6.99. The fourth-order valence-corrected chi connectivity index (χ4v) is 3.31. The molecule has 106 valence electrons. The second kappa shape index (κ2) is 3.74. The molecule has 1 aromatic heterocycles. The number of aromatic hydroxyl groups is 2. The lowest BCUT2D eigenvalue weighted by molar-refractivity contribution is 0.413. The van der Waals surface area contributed by atoms with Gasteiger partial charge in [0.25, 0.3) is 0 Å². The van der Waals surface area contributed by atoms with Crippen LogP contribution in [0.15, 0.2) is 53.3 Å². The summed E-state index contributed by atoms with van der Waals surface area (Å²) >= 11 is 0. The Hall–Kier alpha value is -3.14. The Morgan fingerprint density at radius 1 is 0.773 bits per heavy atom. The number of aromatic nitrogens is 1. The molecule has 0 aliphatic heterocycles. The van der Waals surface area contributed by atoms with Crippen LogP contribution in [0.5, 0.6) is 11.5 Å². The van der Waals surface area contributed by atoms with Crippen LogP contribution < -0.4 is 0 Å². The highest BCUT2D eigenvalue weighted by atomic mass is 16.5. The van der Waals surface area contributed by atoms with Gasteiger partial charge in [0.2, 0.25) is 0 Å². The van der Waals surface area contributed by atoms with Crippen LogP contribution >= 0.6 is 0 Å². The van der Waals surface area contributed by atoms with E-state index in [0.717, 1.165) is 32.4 Å². The molecule has 0 bridgehead atoms. The van der Waals surface area contributed by atoms with Gasteiger partial charge in [0.05, 0.1) is 5.52 Å². The summed E-state index contributed by atoms with van der Waals surface area (Å²) in [5.74, 6) is -0.185. The van der Waals surface area contributed by atoms with E-state index >= 15 is 0 Å². The molecule has 4 aromatic carbocycles. The van der Waals surface area contributed by atoms with Crippen LogP contribution in [0.1, 0.15) is 0 Å². The van der Waals surface area contributed by atoms with E-state index in [1.807, 2.05) is 36.4 Å². The molecule has 0 aliphatic rings. The molecule has 3 N–H and O–H groups in total. The summed E-state index contributed by atoms with van der Waals surface area (Å²) in [5, 5.41) is 29.7. The summed E-state index contributed by atoms with van der Waals surface area (Å²) in [6.07, 6.45) is 1.63. The zero-order chi connectivity index (χ0) is 14.8. The molecule has 0 saturated heterocycles. The van der Waals surface area contributed by atoms with Crippen molar-refractivity contribution < 1.29 is 14.7 Å². The number of hydrogen-bond donors (Lipinski definition) is 3. The molecule has 0 radical (unpaired) electrons. The largest absolute Gasteiger partial charge is 0.504 e. The van der Waals surface area contributed by atoms with Crippen molar-refractivity contribution in [2.45, 2.75) is 0 Å². The molecule has 0 aliphatic carbocycles. The lowest BCUT2D eigenvalue weighted by Gasteiger charge is -2.11. The molecule has 1 heterocycles. The van der Waals surface area contributed by atoms with Gasteiger partial charge >= 0.3 is 0 Å². The van der Waals surface area contributed by atoms with E-state index in [2.05, 4.69) is 5.16 Å². The number of hydrogen-bond acceptors (Lipinski definition) is 3. The van der Waals surface area contributed by atoms with Gasteiger partial charge in [-0.3, -0.25) is 0 Å². The molecular weight excluding hydrogens is 278 g/mol. The first kappa shape index (κ1) is 11.5. The fraction of sp³-hybridized carbons (Fsp3) is 0. The molecular formula is C18H11NO3. The van der Waals surface area contributed by atoms with Gasteiger partial charge in [-0.1, -0.05) is 30.3 Å². The van der Waals surface area contributed by atoms with Crippen LogP contribution in [-0.4, -0.2) is 15.4 Å². The zero-order valence-electron chi connectivity index (χ0n) is 11.4. The molecule has 0 spiro atoms. The van der Waals surface area contributed by atoms with Gasteiger partial charge in [0.15, 0.2) is 11.5 Å². The Bertz CT molecular complexity index is 1200. The molecule has 5 rings (SSSR count). The van der Waals surface area contributed by atoms with Crippen LogP contribution in [0.3, 0.4) is 0 Å². The van der Waals surface area contributed by atoms with Crippen molar-refractivity contribution in [3.8, 4) is 11.5 Å². The zero-order valence-corrected chi connectivity index (χ0v) is 11.4. The Morgan fingerprint density at radius 3 is 2.59 bits per heavy atom. The minimum absolute atomic E-state index is 0.0813. The number of phenolic OH excluding ortho intramolecular Hbond substituents is 2. The molecule has 4 nitrogen and oxygen atoms in total. The van der Waals surface area contributed by atoms with Crippen LogP contribution in [0, 0.1) is 0 Å².